The molecule has 0 aliphatic carbocycles. The van der Waals surface area contributed by atoms with Crippen LogP contribution >= 0.6 is 15.9 Å². The molecule has 3 rings (SSSR count). The molecule has 0 saturated heterocycles. The SMILES string of the molecule is CC(C)(C)[Si](C)(C)OC1CC(c2ccccc2)n2nc(Br)nc21. The van der Waals surface area contributed by atoms with Crippen LogP contribution in [0.5, 0.6) is 0 Å². The van der Waals surface area contributed by atoms with Gasteiger partial charge in [0.05, 0.1) is 6.04 Å². The molecule has 124 valence electrons. The molecule has 0 bridgehead atoms. The minimum atomic E-state index is -1.86. The molecule has 2 heterocycles. The Morgan fingerprint density at radius 2 is 1.87 bits per heavy atom. The molecule has 2 aromatic rings. The van der Waals surface area contributed by atoms with E-state index in [0.29, 0.717) is 4.73 Å². The van der Waals surface area contributed by atoms with E-state index in [-0.39, 0.29) is 17.2 Å². The van der Waals surface area contributed by atoms with Crippen molar-refractivity contribution >= 4 is 24.2 Å². The monoisotopic (exact) mass is 393 g/mol. The van der Waals surface area contributed by atoms with E-state index in [4.69, 9.17) is 4.43 Å². The van der Waals surface area contributed by atoms with Crippen LogP contribution in [0.15, 0.2) is 35.1 Å². The van der Waals surface area contributed by atoms with Gasteiger partial charge >= 0.3 is 0 Å². The lowest BCUT2D eigenvalue weighted by Crippen LogP contribution is -2.41. The highest BCUT2D eigenvalue weighted by molar-refractivity contribution is 9.10. The maximum absolute atomic E-state index is 6.65. The summed E-state index contributed by atoms with van der Waals surface area (Å²) in [6.45, 7) is 11.4. The van der Waals surface area contributed by atoms with Crippen molar-refractivity contribution < 1.29 is 4.43 Å². The van der Waals surface area contributed by atoms with Crippen LogP contribution in [0.1, 0.15) is 50.7 Å². The molecule has 2 unspecified atom stereocenters. The van der Waals surface area contributed by atoms with Crippen LogP contribution in [0.4, 0.5) is 0 Å². The second-order valence-electron chi connectivity index (χ2n) is 7.71. The molecule has 0 amide bonds. The highest BCUT2D eigenvalue weighted by Gasteiger charge is 2.44. The Balaban J connectivity index is 1.93. The van der Waals surface area contributed by atoms with Gasteiger partial charge in [-0.25, -0.2) is 9.67 Å². The summed E-state index contributed by atoms with van der Waals surface area (Å²) in [4.78, 5) is 4.58. The molecule has 23 heavy (non-hydrogen) atoms. The maximum atomic E-state index is 6.65. The maximum Gasteiger partial charge on any atom is 0.217 e. The average molecular weight is 394 g/mol. The second-order valence-corrected chi connectivity index (χ2v) is 13.2. The number of rotatable bonds is 3. The minimum Gasteiger partial charge on any atom is -0.407 e. The number of halogens is 1. The van der Waals surface area contributed by atoms with Crippen molar-refractivity contribution in [1.29, 1.82) is 0 Å². The third kappa shape index (κ3) is 3.16. The first-order chi connectivity index (χ1) is 10.7. The smallest absolute Gasteiger partial charge is 0.217 e. The van der Waals surface area contributed by atoms with E-state index in [1.54, 1.807) is 0 Å². The molecule has 1 aliphatic rings. The van der Waals surface area contributed by atoms with Gasteiger partial charge in [0.1, 0.15) is 6.10 Å². The molecular weight excluding hydrogens is 370 g/mol. The molecule has 0 spiro atoms. The van der Waals surface area contributed by atoms with Gasteiger partial charge in [-0.15, -0.1) is 5.10 Å². The summed E-state index contributed by atoms with van der Waals surface area (Å²) in [5, 5.41) is 4.73. The fourth-order valence-electron chi connectivity index (χ4n) is 2.75. The van der Waals surface area contributed by atoms with Crippen molar-refractivity contribution in [3.8, 4) is 0 Å². The first kappa shape index (κ1) is 16.9. The first-order valence-corrected chi connectivity index (χ1v) is 11.7. The fraction of sp³-hybridized carbons (Fsp3) is 0.529. The zero-order valence-electron chi connectivity index (χ0n) is 14.4. The van der Waals surface area contributed by atoms with Gasteiger partial charge in [-0.05, 0) is 39.6 Å². The summed E-state index contributed by atoms with van der Waals surface area (Å²) in [5.74, 6) is 0.940. The van der Waals surface area contributed by atoms with Gasteiger partial charge in [-0.1, -0.05) is 51.1 Å². The van der Waals surface area contributed by atoms with Crippen LogP contribution in [0.25, 0.3) is 0 Å². The zero-order valence-corrected chi connectivity index (χ0v) is 17.0. The van der Waals surface area contributed by atoms with Crippen LogP contribution in [-0.4, -0.2) is 23.1 Å². The number of nitrogens with zero attached hydrogens (tertiary/aromatic N) is 3. The Hall–Kier alpha value is -0.983. The molecule has 1 aliphatic heterocycles. The molecule has 4 nitrogen and oxygen atoms in total. The van der Waals surface area contributed by atoms with Crippen molar-refractivity contribution in [3.05, 3.63) is 46.5 Å². The summed E-state index contributed by atoms with van der Waals surface area (Å²) < 4.78 is 9.31. The van der Waals surface area contributed by atoms with Gasteiger partial charge < -0.3 is 4.43 Å². The number of hydrogen-bond donors (Lipinski definition) is 0. The second kappa shape index (κ2) is 5.83. The van der Waals surface area contributed by atoms with E-state index in [0.717, 1.165) is 12.2 Å². The van der Waals surface area contributed by atoms with Crippen molar-refractivity contribution in [2.45, 2.75) is 57.5 Å². The van der Waals surface area contributed by atoms with Crippen LogP contribution < -0.4 is 0 Å². The quantitative estimate of drug-likeness (QED) is 0.681. The highest BCUT2D eigenvalue weighted by atomic mass is 79.9. The predicted molar refractivity (Wildman–Crippen MR) is 97.9 cm³/mol. The fourth-order valence-corrected chi connectivity index (χ4v) is 4.37. The number of hydrogen-bond acceptors (Lipinski definition) is 3. The summed E-state index contributed by atoms with van der Waals surface area (Å²) in [6, 6.07) is 10.7. The van der Waals surface area contributed by atoms with Crippen molar-refractivity contribution in [2.24, 2.45) is 0 Å². The third-order valence-corrected chi connectivity index (χ3v) is 9.90. The normalized spacial score (nSPS) is 21.5. The van der Waals surface area contributed by atoms with Gasteiger partial charge in [-0.2, -0.15) is 0 Å². The Bertz CT molecular complexity index is 694. The van der Waals surface area contributed by atoms with E-state index in [1.165, 1.54) is 5.56 Å². The molecule has 0 saturated carbocycles. The van der Waals surface area contributed by atoms with Gasteiger partial charge in [0.25, 0.3) is 0 Å². The van der Waals surface area contributed by atoms with Gasteiger partial charge in [0, 0.05) is 6.42 Å². The average Bonchev–Trinajstić information content (AvgIpc) is 2.97. The molecule has 2 atom stereocenters. The van der Waals surface area contributed by atoms with Gasteiger partial charge in [-0.3, -0.25) is 0 Å². The summed E-state index contributed by atoms with van der Waals surface area (Å²) in [7, 11) is -1.86. The standard InChI is InChI=1S/C17H24BrN3OSi/c1-17(2,3)23(4,5)22-14-11-13(12-9-7-6-8-10-12)21-15(14)19-16(18)20-21/h6-10,13-14H,11H2,1-5H3. The number of aromatic nitrogens is 3. The Labute approximate surface area is 147 Å². The third-order valence-electron chi connectivity index (χ3n) is 5.08. The Morgan fingerprint density at radius 3 is 2.48 bits per heavy atom. The van der Waals surface area contributed by atoms with E-state index in [9.17, 15) is 0 Å². The molecule has 6 heteroatoms. The van der Waals surface area contributed by atoms with E-state index in [2.05, 4.69) is 84.1 Å². The minimum absolute atomic E-state index is 0.0138. The molecular formula is C17H24BrN3OSi. The van der Waals surface area contributed by atoms with E-state index >= 15 is 0 Å². The molecule has 1 aromatic carbocycles. The summed E-state index contributed by atoms with van der Waals surface area (Å²) >= 11 is 3.42. The molecule has 0 radical (unpaired) electrons. The molecule has 1 aromatic heterocycles. The zero-order chi connectivity index (χ0) is 16.8. The van der Waals surface area contributed by atoms with E-state index < -0.39 is 8.32 Å². The van der Waals surface area contributed by atoms with Crippen LogP contribution in [-0.2, 0) is 4.43 Å². The predicted octanol–water partition coefficient (Wildman–Crippen LogP) is 5.10. The highest BCUT2D eigenvalue weighted by Crippen LogP contribution is 2.45. The van der Waals surface area contributed by atoms with Crippen molar-refractivity contribution in [1.82, 2.24) is 14.8 Å². The summed E-state index contributed by atoms with van der Waals surface area (Å²) in [6.07, 6.45) is 0.916. The van der Waals surface area contributed by atoms with Gasteiger partial charge in [0.15, 0.2) is 14.1 Å². The van der Waals surface area contributed by atoms with Crippen molar-refractivity contribution in [3.63, 3.8) is 0 Å². The summed E-state index contributed by atoms with van der Waals surface area (Å²) in [5.41, 5.74) is 1.26. The van der Waals surface area contributed by atoms with E-state index in [1.807, 2.05) is 10.7 Å². The van der Waals surface area contributed by atoms with Crippen LogP contribution in [0.3, 0.4) is 0 Å². The Kier molecular flexibility index (Phi) is 4.27. The first-order valence-electron chi connectivity index (χ1n) is 8.04. The lowest BCUT2D eigenvalue weighted by molar-refractivity contribution is 0.178. The largest absolute Gasteiger partial charge is 0.407 e. The van der Waals surface area contributed by atoms with Gasteiger partial charge in [0.2, 0.25) is 4.73 Å². The van der Waals surface area contributed by atoms with Crippen LogP contribution in [0, 0.1) is 0 Å². The molecule has 0 N–H and O–H groups in total. The Morgan fingerprint density at radius 1 is 1.22 bits per heavy atom. The number of fused-ring (bicyclic) bond motifs is 1. The topological polar surface area (TPSA) is 39.9 Å². The lowest BCUT2D eigenvalue weighted by Gasteiger charge is -2.38. The number of benzene rings is 1. The van der Waals surface area contributed by atoms with Crippen LogP contribution in [0.2, 0.25) is 18.1 Å². The lowest BCUT2D eigenvalue weighted by atomic mass is 10.0. The molecule has 0 fully saturated rings. The van der Waals surface area contributed by atoms with Crippen molar-refractivity contribution in [2.75, 3.05) is 0 Å².